The molecule has 4 nitrogen and oxygen atoms in total. The molecule has 0 spiro atoms. The van der Waals surface area contributed by atoms with Crippen LogP contribution in [0.5, 0.6) is 5.75 Å². The molecule has 1 aromatic rings. The smallest absolute Gasteiger partial charge is 0.344 e. The molecule has 1 unspecified atom stereocenters. The van der Waals surface area contributed by atoms with E-state index < -0.39 is 12.1 Å². The van der Waals surface area contributed by atoms with Crippen LogP contribution in [0.2, 0.25) is 0 Å². The van der Waals surface area contributed by atoms with Gasteiger partial charge in [0.05, 0.1) is 0 Å². The Morgan fingerprint density at radius 1 is 1.45 bits per heavy atom. The Labute approximate surface area is 128 Å². The number of carboxylic acid groups (broad SMARTS) is 1. The Bertz CT molecular complexity index is 449. The Balaban J connectivity index is 2.72. The number of hydrogen-bond acceptors (Lipinski definition) is 3. The molecule has 20 heavy (non-hydrogen) atoms. The summed E-state index contributed by atoms with van der Waals surface area (Å²) in [4.78, 5) is 11.0. The third kappa shape index (κ3) is 5.51. The van der Waals surface area contributed by atoms with E-state index in [0.29, 0.717) is 18.1 Å². The minimum absolute atomic E-state index is 0.437. The van der Waals surface area contributed by atoms with Gasteiger partial charge in [0.15, 0.2) is 6.10 Å². The molecule has 0 fully saturated rings. The zero-order valence-corrected chi connectivity index (χ0v) is 13.7. The average Bonchev–Trinajstić information content (AvgIpc) is 2.38. The number of carboxylic acids is 1. The molecule has 1 atom stereocenters. The summed E-state index contributed by atoms with van der Waals surface area (Å²) in [5, 5.41) is 12.4. The van der Waals surface area contributed by atoms with Crippen LogP contribution < -0.4 is 10.1 Å². The molecule has 0 saturated heterocycles. The normalized spacial score (nSPS) is 12.4. The van der Waals surface area contributed by atoms with Crippen molar-refractivity contribution >= 4 is 21.9 Å². The first-order valence-electron chi connectivity index (χ1n) is 6.82. The average molecular weight is 344 g/mol. The highest BCUT2D eigenvalue weighted by molar-refractivity contribution is 9.10. The van der Waals surface area contributed by atoms with E-state index in [9.17, 15) is 4.79 Å². The summed E-state index contributed by atoms with van der Waals surface area (Å²) in [7, 11) is 0. The molecule has 1 rings (SSSR count). The first-order valence-corrected chi connectivity index (χ1v) is 7.62. The number of halogens is 1. The molecule has 0 bridgehead atoms. The van der Waals surface area contributed by atoms with E-state index in [-0.39, 0.29) is 0 Å². The van der Waals surface area contributed by atoms with Gasteiger partial charge < -0.3 is 15.2 Å². The quantitative estimate of drug-likeness (QED) is 0.759. The molecule has 0 radical (unpaired) electrons. The van der Waals surface area contributed by atoms with Crippen LogP contribution in [0.3, 0.4) is 0 Å². The summed E-state index contributed by atoms with van der Waals surface area (Å²) in [5.74, 6) is 0.239. The molecule has 0 aliphatic heterocycles. The monoisotopic (exact) mass is 343 g/mol. The van der Waals surface area contributed by atoms with E-state index in [0.717, 1.165) is 23.1 Å². The summed E-state index contributed by atoms with van der Waals surface area (Å²) in [6.07, 6.45) is -0.362. The molecule has 2 N–H and O–H groups in total. The molecule has 0 saturated carbocycles. The van der Waals surface area contributed by atoms with E-state index in [2.05, 4.69) is 35.1 Å². The number of ether oxygens (including phenoxy) is 1. The molecular weight excluding hydrogens is 322 g/mol. The van der Waals surface area contributed by atoms with Crippen LogP contribution in [-0.4, -0.2) is 23.7 Å². The molecular formula is C15H22BrNO3. The van der Waals surface area contributed by atoms with Crippen LogP contribution in [-0.2, 0) is 11.3 Å². The zero-order chi connectivity index (χ0) is 15.1. The van der Waals surface area contributed by atoms with Crippen molar-refractivity contribution in [3.05, 3.63) is 28.2 Å². The standard InChI is InChI=1S/C15H22BrNO3/c1-4-14(15(18)19)20-12-5-6-13(16)11(7-12)9-17-8-10(2)3/h5-7,10,14,17H,4,8-9H2,1-3H3,(H,18,19). The second kappa shape index (κ2) is 8.27. The largest absolute Gasteiger partial charge is 0.479 e. The molecule has 5 heteroatoms. The maximum absolute atomic E-state index is 11.0. The van der Waals surface area contributed by atoms with Gasteiger partial charge in [0.25, 0.3) is 0 Å². The third-order valence-electron chi connectivity index (χ3n) is 2.81. The second-order valence-corrected chi connectivity index (χ2v) is 5.99. The number of rotatable bonds is 8. The fourth-order valence-electron chi connectivity index (χ4n) is 1.73. The van der Waals surface area contributed by atoms with Crippen LogP contribution in [0.1, 0.15) is 32.8 Å². The number of hydrogen-bond donors (Lipinski definition) is 2. The van der Waals surface area contributed by atoms with E-state index in [4.69, 9.17) is 9.84 Å². The highest BCUT2D eigenvalue weighted by Gasteiger charge is 2.17. The molecule has 0 aliphatic carbocycles. The highest BCUT2D eigenvalue weighted by Crippen LogP contribution is 2.23. The lowest BCUT2D eigenvalue weighted by Crippen LogP contribution is -2.26. The number of benzene rings is 1. The first-order chi connectivity index (χ1) is 9.43. The van der Waals surface area contributed by atoms with Crippen molar-refractivity contribution in [3.63, 3.8) is 0 Å². The van der Waals surface area contributed by atoms with Gasteiger partial charge >= 0.3 is 5.97 Å². The third-order valence-corrected chi connectivity index (χ3v) is 3.58. The summed E-state index contributed by atoms with van der Waals surface area (Å²) in [5.41, 5.74) is 1.06. The fourth-order valence-corrected chi connectivity index (χ4v) is 2.11. The lowest BCUT2D eigenvalue weighted by molar-refractivity contribution is -0.145. The van der Waals surface area contributed by atoms with Gasteiger partial charge in [-0.1, -0.05) is 36.7 Å². The first kappa shape index (κ1) is 17.0. The number of nitrogens with one attached hydrogen (secondary N) is 1. The van der Waals surface area contributed by atoms with Gasteiger partial charge in [-0.15, -0.1) is 0 Å². The minimum atomic E-state index is -0.935. The lowest BCUT2D eigenvalue weighted by atomic mass is 10.2. The van der Waals surface area contributed by atoms with Crippen LogP contribution >= 0.6 is 15.9 Å². The van der Waals surface area contributed by atoms with Crippen LogP contribution in [0.15, 0.2) is 22.7 Å². The molecule has 0 aromatic heterocycles. The Hall–Kier alpha value is -1.07. The van der Waals surface area contributed by atoms with Gasteiger partial charge in [0, 0.05) is 11.0 Å². The van der Waals surface area contributed by atoms with E-state index in [1.165, 1.54) is 0 Å². The summed E-state index contributed by atoms with van der Waals surface area (Å²) < 4.78 is 6.49. The lowest BCUT2D eigenvalue weighted by Gasteiger charge is -2.15. The maximum Gasteiger partial charge on any atom is 0.344 e. The zero-order valence-electron chi connectivity index (χ0n) is 12.1. The molecule has 1 aromatic carbocycles. The van der Waals surface area contributed by atoms with Crippen molar-refractivity contribution < 1.29 is 14.6 Å². The van der Waals surface area contributed by atoms with Crippen molar-refractivity contribution in [1.29, 1.82) is 0 Å². The SMILES string of the molecule is CCC(Oc1ccc(Br)c(CNCC(C)C)c1)C(=O)O. The fraction of sp³-hybridized carbons (Fsp3) is 0.533. The summed E-state index contributed by atoms with van der Waals surface area (Å²) >= 11 is 3.50. The van der Waals surface area contributed by atoms with Crippen molar-refractivity contribution in [1.82, 2.24) is 5.32 Å². The molecule has 0 amide bonds. The van der Waals surface area contributed by atoms with Crippen LogP contribution in [0.4, 0.5) is 0 Å². The summed E-state index contributed by atoms with van der Waals surface area (Å²) in [6, 6.07) is 5.54. The van der Waals surface area contributed by atoms with E-state index >= 15 is 0 Å². The Kier molecular flexibility index (Phi) is 7.02. The second-order valence-electron chi connectivity index (χ2n) is 5.13. The summed E-state index contributed by atoms with van der Waals surface area (Å²) in [6.45, 7) is 7.76. The maximum atomic E-state index is 11.0. The van der Waals surface area contributed by atoms with Gasteiger partial charge in [-0.2, -0.15) is 0 Å². The molecule has 0 aliphatic rings. The van der Waals surface area contributed by atoms with Gasteiger partial charge in [0.2, 0.25) is 0 Å². The minimum Gasteiger partial charge on any atom is -0.479 e. The van der Waals surface area contributed by atoms with Crippen molar-refractivity contribution in [2.45, 2.75) is 39.8 Å². The predicted molar refractivity (Wildman–Crippen MR) is 83.0 cm³/mol. The van der Waals surface area contributed by atoms with Gasteiger partial charge in [0.1, 0.15) is 5.75 Å². The van der Waals surface area contributed by atoms with Crippen molar-refractivity contribution in [2.24, 2.45) is 5.92 Å². The van der Waals surface area contributed by atoms with Crippen molar-refractivity contribution in [2.75, 3.05) is 6.54 Å². The van der Waals surface area contributed by atoms with Crippen LogP contribution in [0, 0.1) is 5.92 Å². The topological polar surface area (TPSA) is 58.6 Å². The number of carbonyl (C=O) groups is 1. The molecule has 112 valence electrons. The predicted octanol–water partition coefficient (Wildman–Crippen LogP) is 3.44. The number of aliphatic carboxylic acids is 1. The van der Waals surface area contributed by atoms with Crippen molar-refractivity contribution in [3.8, 4) is 5.75 Å². The Morgan fingerprint density at radius 3 is 2.70 bits per heavy atom. The van der Waals surface area contributed by atoms with Gasteiger partial charge in [-0.3, -0.25) is 0 Å². The van der Waals surface area contributed by atoms with Crippen LogP contribution in [0.25, 0.3) is 0 Å². The van der Waals surface area contributed by atoms with Gasteiger partial charge in [-0.25, -0.2) is 4.79 Å². The van der Waals surface area contributed by atoms with E-state index in [1.54, 1.807) is 13.0 Å². The highest BCUT2D eigenvalue weighted by atomic mass is 79.9. The molecule has 0 heterocycles. The van der Waals surface area contributed by atoms with Gasteiger partial charge in [-0.05, 0) is 42.6 Å². The Morgan fingerprint density at radius 2 is 2.15 bits per heavy atom. The van der Waals surface area contributed by atoms with E-state index in [1.807, 2.05) is 12.1 Å².